The van der Waals surface area contributed by atoms with Crippen LogP contribution >= 0.6 is 0 Å². The highest BCUT2D eigenvalue weighted by Crippen LogP contribution is 2.31. The fourth-order valence-electron chi connectivity index (χ4n) is 4.69. The molecule has 1 aromatic heterocycles. The molecule has 1 spiro atoms. The number of methoxy groups -OCH3 is 1. The fourth-order valence-corrected chi connectivity index (χ4v) is 4.69. The van der Waals surface area contributed by atoms with Crippen molar-refractivity contribution in [2.45, 2.75) is 37.9 Å². The van der Waals surface area contributed by atoms with Gasteiger partial charge in [0.15, 0.2) is 0 Å². The van der Waals surface area contributed by atoms with Gasteiger partial charge in [0, 0.05) is 62.6 Å². The summed E-state index contributed by atoms with van der Waals surface area (Å²) >= 11 is 0. The molecule has 1 amide bonds. The Labute approximate surface area is 172 Å². The van der Waals surface area contributed by atoms with Crippen LogP contribution in [0.3, 0.4) is 0 Å². The van der Waals surface area contributed by atoms with Crippen molar-refractivity contribution in [3.8, 4) is 5.75 Å². The van der Waals surface area contributed by atoms with E-state index in [9.17, 15) is 4.79 Å². The number of benzene rings is 1. The number of likely N-dealkylation sites (N-methyl/N-ethyl adjacent to an activating group) is 1. The number of nitrogens with one attached hydrogen (secondary N) is 1. The summed E-state index contributed by atoms with van der Waals surface area (Å²) in [6, 6.07) is 8.40. The topological polar surface area (TPSA) is 62.6 Å². The number of hydrogen-bond donors (Lipinski definition) is 1. The van der Waals surface area contributed by atoms with Crippen LogP contribution in [0.1, 0.15) is 30.4 Å². The lowest BCUT2D eigenvalue weighted by molar-refractivity contribution is -0.121. The first kappa shape index (κ1) is 19.9. The zero-order valence-electron chi connectivity index (χ0n) is 17.4. The first-order chi connectivity index (χ1) is 14.1. The van der Waals surface area contributed by atoms with Gasteiger partial charge in [-0.05, 0) is 43.7 Å². The van der Waals surface area contributed by atoms with Crippen LogP contribution in [0.2, 0.25) is 0 Å². The first-order valence-corrected chi connectivity index (χ1v) is 10.4. The van der Waals surface area contributed by atoms with Crippen LogP contribution in [-0.4, -0.2) is 71.4 Å². The molecular formula is C22H31N5O2. The lowest BCUT2D eigenvalue weighted by Crippen LogP contribution is -2.60. The zero-order chi connectivity index (χ0) is 20.3. The van der Waals surface area contributed by atoms with Gasteiger partial charge in [0.05, 0.1) is 13.7 Å². The van der Waals surface area contributed by atoms with Crippen molar-refractivity contribution >= 4 is 5.91 Å². The quantitative estimate of drug-likeness (QED) is 0.833. The third-order valence-electron chi connectivity index (χ3n) is 6.45. The van der Waals surface area contributed by atoms with Gasteiger partial charge in [-0.1, -0.05) is 6.07 Å². The minimum absolute atomic E-state index is 0.0851. The largest absolute Gasteiger partial charge is 0.496 e. The Balaban J connectivity index is 1.49. The van der Waals surface area contributed by atoms with Crippen molar-refractivity contribution in [2.24, 2.45) is 0 Å². The van der Waals surface area contributed by atoms with Crippen molar-refractivity contribution in [1.29, 1.82) is 0 Å². The van der Waals surface area contributed by atoms with Gasteiger partial charge >= 0.3 is 0 Å². The van der Waals surface area contributed by atoms with E-state index in [2.05, 4.69) is 45.5 Å². The number of nitrogens with zero attached hydrogens (tertiary/aromatic N) is 4. The van der Waals surface area contributed by atoms with Gasteiger partial charge in [-0.15, -0.1) is 0 Å². The van der Waals surface area contributed by atoms with Gasteiger partial charge in [0.25, 0.3) is 0 Å². The third-order valence-corrected chi connectivity index (χ3v) is 6.45. The predicted molar refractivity (Wildman–Crippen MR) is 112 cm³/mol. The summed E-state index contributed by atoms with van der Waals surface area (Å²) in [5.74, 6) is 1.08. The minimum Gasteiger partial charge on any atom is -0.496 e. The van der Waals surface area contributed by atoms with E-state index < -0.39 is 0 Å². The molecule has 1 aromatic carbocycles. The summed E-state index contributed by atoms with van der Waals surface area (Å²) in [7, 11) is 3.93. The van der Waals surface area contributed by atoms with Gasteiger partial charge in [-0.3, -0.25) is 19.3 Å². The number of amides is 1. The molecule has 2 fully saturated rings. The van der Waals surface area contributed by atoms with E-state index in [0.717, 1.165) is 56.9 Å². The highest BCUT2D eigenvalue weighted by molar-refractivity contribution is 5.76. The Morgan fingerprint density at radius 1 is 1.24 bits per heavy atom. The Morgan fingerprint density at radius 3 is 2.93 bits per heavy atom. The molecule has 2 aliphatic heterocycles. The number of hydrogen-bond acceptors (Lipinski definition) is 5. The number of carbonyl (C=O) groups excluding carboxylic acids is 1. The first-order valence-electron chi connectivity index (χ1n) is 10.4. The van der Waals surface area contributed by atoms with Gasteiger partial charge in [-0.2, -0.15) is 5.10 Å². The second kappa shape index (κ2) is 8.55. The molecular weight excluding hydrogens is 366 g/mol. The lowest BCUT2D eigenvalue weighted by Gasteiger charge is -2.49. The van der Waals surface area contributed by atoms with Crippen LogP contribution in [-0.2, 0) is 17.9 Å². The van der Waals surface area contributed by atoms with E-state index >= 15 is 0 Å². The van der Waals surface area contributed by atoms with Crippen LogP contribution in [0.25, 0.3) is 0 Å². The van der Waals surface area contributed by atoms with Crippen molar-refractivity contribution in [2.75, 3.05) is 40.3 Å². The number of rotatable bonds is 5. The highest BCUT2D eigenvalue weighted by atomic mass is 16.5. The second-order valence-electron chi connectivity index (χ2n) is 8.31. The molecule has 29 heavy (non-hydrogen) atoms. The number of ether oxygens (including phenoxy) is 1. The SMILES string of the molecule is COc1ccc(CN2CCN(C)[C@@]3(CCNC(=O)CC3)C2)cc1Cn1cccn1. The monoisotopic (exact) mass is 397 g/mol. The molecule has 0 saturated carbocycles. The maximum atomic E-state index is 11.9. The van der Waals surface area contributed by atoms with Crippen LogP contribution in [0.15, 0.2) is 36.7 Å². The minimum atomic E-state index is 0.0851. The van der Waals surface area contributed by atoms with Crippen molar-refractivity contribution < 1.29 is 9.53 Å². The summed E-state index contributed by atoms with van der Waals surface area (Å²) in [5.41, 5.74) is 2.51. The summed E-state index contributed by atoms with van der Waals surface area (Å²) in [6.07, 6.45) is 6.33. The van der Waals surface area contributed by atoms with Crippen LogP contribution in [0.4, 0.5) is 0 Å². The smallest absolute Gasteiger partial charge is 0.220 e. The molecule has 4 rings (SSSR count). The number of carbonyl (C=O) groups is 1. The molecule has 0 bridgehead atoms. The highest BCUT2D eigenvalue weighted by Gasteiger charge is 2.40. The fraction of sp³-hybridized carbons (Fsp3) is 0.545. The summed E-state index contributed by atoms with van der Waals surface area (Å²) in [6.45, 7) is 5.45. The molecule has 7 nitrogen and oxygen atoms in total. The van der Waals surface area contributed by atoms with E-state index in [1.165, 1.54) is 5.56 Å². The summed E-state index contributed by atoms with van der Waals surface area (Å²) in [4.78, 5) is 16.9. The molecule has 0 aliphatic carbocycles. The molecule has 1 N–H and O–H groups in total. The van der Waals surface area contributed by atoms with Crippen molar-refractivity contribution in [3.63, 3.8) is 0 Å². The van der Waals surface area contributed by atoms with Gasteiger partial charge in [-0.25, -0.2) is 0 Å². The third kappa shape index (κ3) is 4.46. The van der Waals surface area contributed by atoms with Crippen LogP contribution < -0.4 is 10.1 Å². The molecule has 2 saturated heterocycles. The van der Waals surface area contributed by atoms with E-state index in [4.69, 9.17) is 4.74 Å². The van der Waals surface area contributed by atoms with Crippen molar-refractivity contribution in [3.05, 3.63) is 47.8 Å². The van der Waals surface area contributed by atoms with Crippen molar-refractivity contribution in [1.82, 2.24) is 24.9 Å². The van der Waals surface area contributed by atoms with Crippen LogP contribution in [0.5, 0.6) is 5.75 Å². The molecule has 0 radical (unpaired) electrons. The number of piperazine rings is 1. The molecule has 3 heterocycles. The van der Waals surface area contributed by atoms with E-state index in [1.807, 2.05) is 16.9 Å². The molecule has 2 aliphatic rings. The van der Waals surface area contributed by atoms with Gasteiger partial charge < -0.3 is 10.1 Å². The van der Waals surface area contributed by atoms with Crippen LogP contribution in [0, 0.1) is 0 Å². The standard InChI is InChI=1S/C22H31N5O2/c1-25-12-13-26(17-22(25)7-6-21(28)23-10-8-22)15-18-4-5-20(29-2)19(14-18)16-27-11-3-9-24-27/h3-5,9,11,14H,6-8,10,12-13,15-17H2,1-2H3,(H,23,28)/t22-/m0/s1. The van der Waals surface area contributed by atoms with Gasteiger partial charge in [0.1, 0.15) is 5.75 Å². The summed E-state index contributed by atoms with van der Waals surface area (Å²) < 4.78 is 7.49. The summed E-state index contributed by atoms with van der Waals surface area (Å²) in [5, 5.41) is 7.36. The Morgan fingerprint density at radius 2 is 2.14 bits per heavy atom. The number of aromatic nitrogens is 2. The predicted octanol–water partition coefficient (Wildman–Crippen LogP) is 1.73. The maximum absolute atomic E-state index is 11.9. The normalized spacial score (nSPS) is 23.7. The molecule has 156 valence electrons. The van der Waals surface area contributed by atoms with Gasteiger partial charge in [0.2, 0.25) is 5.91 Å². The molecule has 7 heteroatoms. The lowest BCUT2D eigenvalue weighted by atomic mass is 9.86. The second-order valence-corrected chi connectivity index (χ2v) is 8.31. The maximum Gasteiger partial charge on any atom is 0.220 e. The Kier molecular flexibility index (Phi) is 5.87. The molecule has 2 aromatic rings. The van der Waals surface area contributed by atoms with E-state index in [-0.39, 0.29) is 11.4 Å². The van der Waals surface area contributed by atoms with E-state index in [0.29, 0.717) is 13.0 Å². The van der Waals surface area contributed by atoms with E-state index in [1.54, 1.807) is 13.3 Å². The average Bonchev–Trinajstić information content (AvgIpc) is 3.15. The Bertz CT molecular complexity index is 838. The molecule has 0 unspecified atom stereocenters. The molecule has 1 atom stereocenters. The zero-order valence-corrected chi connectivity index (χ0v) is 17.4. The average molecular weight is 398 g/mol. The Hall–Kier alpha value is -2.38.